The number of nitrogens with zero attached hydrogens (tertiary/aromatic N) is 2. The van der Waals surface area contributed by atoms with Crippen molar-refractivity contribution in [3.8, 4) is 10.4 Å². The van der Waals surface area contributed by atoms with Crippen molar-refractivity contribution < 1.29 is 9.90 Å². The number of carboxylic acid groups (broad SMARTS) is 1. The van der Waals surface area contributed by atoms with E-state index < -0.39 is 5.97 Å². The van der Waals surface area contributed by atoms with Crippen LogP contribution in [0.5, 0.6) is 0 Å². The number of aliphatic carboxylic acids is 1. The summed E-state index contributed by atoms with van der Waals surface area (Å²) in [5.74, 6) is -0.368. The van der Waals surface area contributed by atoms with Crippen LogP contribution in [0, 0.1) is 6.92 Å². The van der Waals surface area contributed by atoms with Crippen LogP contribution in [0.15, 0.2) is 36.7 Å². The highest BCUT2D eigenvalue weighted by molar-refractivity contribution is 7.21. The number of hydrogen-bond donors (Lipinski definition) is 2. The van der Waals surface area contributed by atoms with Gasteiger partial charge in [0.25, 0.3) is 0 Å². The van der Waals surface area contributed by atoms with Crippen molar-refractivity contribution in [1.82, 2.24) is 9.97 Å². The zero-order valence-corrected chi connectivity index (χ0v) is 12.1. The number of rotatable bonds is 4. The van der Waals surface area contributed by atoms with Crippen molar-refractivity contribution >= 4 is 33.3 Å². The van der Waals surface area contributed by atoms with Crippen molar-refractivity contribution in [2.75, 3.05) is 11.9 Å². The van der Waals surface area contributed by atoms with Crippen LogP contribution >= 0.6 is 11.3 Å². The molecule has 5 nitrogen and oxygen atoms in total. The normalized spacial score (nSPS) is 10.7. The largest absolute Gasteiger partial charge is 0.480 e. The Morgan fingerprint density at radius 3 is 2.76 bits per heavy atom. The molecule has 106 valence electrons. The maximum absolute atomic E-state index is 10.7. The minimum atomic E-state index is -0.921. The molecule has 0 bridgehead atoms. The van der Waals surface area contributed by atoms with E-state index in [1.807, 2.05) is 13.0 Å². The lowest BCUT2D eigenvalue weighted by Crippen LogP contribution is -2.13. The summed E-state index contributed by atoms with van der Waals surface area (Å²) in [4.78, 5) is 21.0. The molecule has 0 radical (unpaired) electrons. The quantitative estimate of drug-likeness (QED) is 0.774. The highest BCUT2D eigenvalue weighted by Crippen LogP contribution is 2.34. The lowest BCUT2D eigenvalue weighted by molar-refractivity contribution is -0.134. The predicted octanol–water partition coefficient (Wildman–Crippen LogP) is 3.16. The summed E-state index contributed by atoms with van der Waals surface area (Å²) in [6, 6.07) is 10.3. The Balaban J connectivity index is 2.01. The molecule has 2 aromatic heterocycles. The molecule has 2 N–H and O–H groups in total. The molecule has 0 unspecified atom stereocenters. The van der Waals surface area contributed by atoms with Crippen LogP contribution in [0.1, 0.15) is 5.56 Å². The summed E-state index contributed by atoms with van der Waals surface area (Å²) in [6.45, 7) is 1.88. The number of aromatic nitrogens is 2. The number of thiophene rings is 1. The number of anilines is 1. The number of carbonyl (C=O) groups is 1. The molecule has 0 amide bonds. The van der Waals surface area contributed by atoms with Crippen LogP contribution in [0.25, 0.3) is 20.7 Å². The molecule has 3 rings (SSSR count). The molecule has 0 fully saturated rings. The molecule has 3 aromatic rings. The standard InChI is InChI=1S/C15H13N3O2S/c1-9-2-4-10(5-3-9)12-6-11-14(16-7-13(19)20)17-8-18-15(11)21-12/h2-6,8H,7H2,1H3,(H,19,20)(H,16,17,18). The highest BCUT2D eigenvalue weighted by Gasteiger charge is 2.10. The van der Waals surface area contributed by atoms with E-state index in [2.05, 4.69) is 39.6 Å². The van der Waals surface area contributed by atoms with Gasteiger partial charge < -0.3 is 10.4 Å². The van der Waals surface area contributed by atoms with Crippen LogP contribution in [0.4, 0.5) is 5.82 Å². The summed E-state index contributed by atoms with van der Waals surface area (Å²) in [6.07, 6.45) is 1.45. The summed E-state index contributed by atoms with van der Waals surface area (Å²) in [5.41, 5.74) is 2.33. The van der Waals surface area contributed by atoms with Crippen LogP contribution in [-0.4, -0.2) is 27.6 Å². The Bertz CT molecular complexity index is 796. The SMILES string of the molecule is Cc1ccc(-c2cc3c(NCC(=O)O)ncnc3s2)cc1. The second-order valence-corrected chi connectivity index (χ2v) is 5.70. The summed E-state index contributed by atoms with van der Waals surface area (Å²) < 4.78 is 0. The molecule has 6 heteroatoms. The van der Waals surface area contributed by atoms with E-state index in [4.69, 9.17) is 5.11 Å². The van der Waals surface area contributed by atoms with Gasteiger partial charge in [-0.05, 0) is 18.6 Å². The predicted molar refractivity (Wildman–Crippen MR) is 83.7 cm³/mol. The van der Waals surface area contributed by atoms with Gasteiger partial charge in [-0.15, -0.1) is 11.3 Å². The molecule has 21 heavy (non-hydrogen) atoms. The van der Waals surface area contributed by atoms with Crippen molar-refractivity contribution in [3.05, 3.63) is 42.2 Å². The van der Waals surface area contributed by atoms with Crippen molar-refractivity contribution in [1.29, 1.82) is 0 Å². The molecule has 0 atom stereocenters. The van der Waals surface area contributed by atoms with Crippen LogP contribution in [-0.2, 0) is 4.79 Å². The summed E-state index contributed by atoms with van der Waals surface area (Å²) >= 11 is 1.57. The monoisotopic (exact) mass is 299 g/mol. The molecule has 0 saturated carbocycles. The van der Waals surface area contributed by atoms with Gasteiger partial charge in [-0.25, -0.2) is 9.97 Å². The third kappa shape index (κ3) is 2.85. The minimum Gasteiger partial charge on any atom is -0.480 e. The first-order chi connectivity index (χ1) is 10.1. The molecule has 0 aliphatic rings. The number of aryl methyl sites for hydroxylation is 1. The van der Waals surface area contributed by atoms with E-state index in [1.54, 1.807) is 11.3 Å². The number of fused-ring (bicyclic) bond motifs is 1. The Labute approximate surface area is 125 Å². The summed E-state index contributed by atoms with van der Waals surface area (Å²) in [5, 5.41) is 12.4. The van der Waals surface area contributed by atoms with Gasteiger partial charge in [-0.1, -0.05) is 29.8 Å². The molecule has 0 aliphatic heterocycles. The average molecular weight is 299 g/mol. The first-order valence-corrected chi connectivity index (χ1v) is 7.22. The molecular weight excluding hydrogens is 286 g/mol. The van der Waals surface area contributed by atoms with Crippen LogP contribution in [0.3, 0.4) is 0 Å². The lowest BCUT2D eigenvalue weighted by atomic mass is 10.1. The van der Waals surface area contributed by atoms with Gasteiger partial charge in [0.05, 0.1) is 5.39 Å². The zero-order chi connectivity index (χ0) is 14.8. The number of nitrogens with one attached hydrogen (secondary N) is 1. The Kier molecular flexibility index (Phi) is 3.53. The first kappa shape index (κ1) is 13.5. The summed E-state index contributed by atoms with van der Waals surface area (Å²) in [7, 11) is 0. The van der Waals surface area contributed by atoms with Gasteiger partial charge in [0.2, 0.25) is 0 Å². The first-order valence-electron chi connectivity index (χ1n) is 6.41. The second-order valence-electron chi connectivity index (χ2n) is 4.67. The number of benzene rings is 1. The van der Waals surface area contributed by atoms with Crippen molar-refractivity contribution in [3.63, 3.8) is 0 Å². The fraction of sp³-hybridized carbons (Fsp3) is 0.133. The molecule has 1 aromatic carbocycles. The Morgan fingerprint density at radius 1 is 1.29 bits per heavy atom. The fourth-order valence-electron chi connectivity index (χ4n) is 2.02. The smallest absolute Gasteiger partial charge is 0.322 e. The van der Waals surface area contributed by atoms with Gasteiger partial charge in [-0.3, -0.25) is 4.79 Å². The molecular formula is C15H13N3O2S. The maximum atomic E-state index is 10.7. The van der Waals surface area contributed by atoms with Crippen molar-refractivity contribution in [2.24, 2.45) is 0 Å². The van der Waals surface area contributed by atoms with Crippen molar-refractivity contribution in [2.45, 2.75) is 6.92 Å². The highest BCUT2D eigenvalue weighted by atomic mass is 32.1. The number of hydrogen-bond acceptors (Lipinski definition) is 5. The maximum Gasteiger partial charge on any atom is 0.322 e. The third-order valence-electron chi connectivity index (χ3n) is 3.07. The molecule has 0 saturated heterocycles. The van der Waals surface area contributed by atoms with Crippen LogP contribution < -0.4 is 5.32 Å². The zero-order valence-electron chi connectivity index (χ0n) is 11.3. The minimum absolute atomic E-state index is 0.165. The molecule has 2 heterocycles. The van der Waals surface area contributed by atoms with E-state index in [0.717, 1.165) is 20.7 Å². The van der Waals surface area contributed by atoms with Gasteiger partial charge in [0.15, 0.2) is 0 Å². The van der Waals surface area contributed by atoms with Gasteiger partial charge in [-0.2, -0.15) is 0 Å². The molecule has 0 aliphatic carbocycles. The van der Waals surface area contributed by atoms with Crippen LogP contribution in [0.2, 0.25) is 0 Å². The van der Waals surface area contributed by atoms with E-state index in [9.17, 15) is 4.79 Å². The van der Waals surface area contributed by atoms with E-state index in [1.165, 1.54) is 11.9 Å². The Morgan fingerprint density at radius 2 is 2.05 bits per heavy atom. The lowest BCUT2D eigenvalue weighted by Gasteiger charge is -2.02. The van der Waals surface area contributed by atoms with Gasteiger partial charge in [0.1, 0.15) is 23.5 Å². The number of carboxylic acids is 1. The molecule has 0 spiro atoms. The fourth-order valence-corrected chi connectivity index (χ4v) is 3.02. The van der Waals surface area contributed by atoms with E-state index in [-0.39, 0.29) is 6.54 Å². The topological polar surface area (TPSA) is 75.1 Å². The van der Waals surface area contributed by atoms with Gasteiger partial charge >= 0.3 is 5.97 Å². The Hall–Kier alpha value is -2.47. The third-order valence-corrected chi connectivity index (χ3v) is 4.16. The second kappa shape index (κ2) is 5.49. The van der Waals surface area contributed by atoms with Gasteiger partial charge in [0, 0.05) is 4.88 Å². The van der Waals surface area contributed by atoms with E-state index >= 15 is 0 Å². The van der Waals surface area contributed by atoms with E-state index in [0.29, 0.717) is 5.82 Å². The average Bonchev–Trinajstić information content (AvgIpc) is 2.90.